The molecule has 0 unspecified atom stereocenters. The van der Waals surface area contributed by atoms with Gasteiger partial charge in [0.25, 0.3) is 0 Å². The molecule has 0 fully saturated rings. The highest BCUT2D eigenvalue weighted by atomic mass is 19.1. The third-order valence-electron chi connectivity index (χ3n) is 2.65. The zero-order valence-electron chi connectivity index (χ0n) is 9.87. The minimum absolute atomic E-state index is 0.168. The van der Waals surface area contributed by atoms with Crippen LogP contribution in [-0.4, -0.2) is 5.97 Å². The summed E-state index contributed by atoms with van der Waals surface area (Å²) in [5.74, 6) is -1.00. The second-order valence-corrected chi connectivity index (χ2v) is 4.04. The van der Waals surface area contributed by atoms with Crippen LogP contribution in [0.1, 0.15) is 25.3 Å². The van der Waals surface area contributed by atoms with Crippen molar-refractivity contribution in [1.29, 1.82) is 0 Å². The third-order valence-corrected chi connectivity index (χ3v) is 2.65. The first-order chi connectivity index (χ1) is 8.56. The van der Waals surface area contributed by atoms with Crippen LogP contribution in [0.5, 0.6) is 5.75 Å². The van der Waals surface area contributed by atoms with Gasteiger partial charge in [-0.15, -0.1) is 0 Å². The zero-order chi connectivity index (χ0) is 13.1. The van der Waals surface area contributed by atoms with Crippen molar-refractivity contribution in [3.63, 3.8) is 0 Å². The lowest BCUT2D eigenvalue weighted by Crippen LogP contribution is -2.02. The molecule has 0 aromatic heterocycles. The van der Waals surface area contributed by atoms with Gasteiger partial charge >= 0.3 is 5.97 Å². The van der Waals surface area contributed by atoms with Crippen LogP contribution in [0.15, 0.2) is 36.2 Å². The molecule has 1 aromatic rings. The molecule has 2 rings (SSSR count). The van der Waals surface area contributed by atoms with Crippen molar-refractivity contribution < 1.29 is 18.3 Å². The molecule has 0 N–H and O–H groups in total. The molecule has 0 saturated heterocycles. The first-order valence-corrected chi connectivity index (χ1v) is 5.60. The number of benzene rings is 1. The molecule has 0 heterocycles. The molecular formula is C14H12F2O2. The Balaban J connectivity index is 2.28. The van der Waals surface area contributed by atoms with Crippen LogP contribution in [0.25, 0.3) is 5.57 Å². The normalized spacial score (nSPS) is 14.8. The molecule has 1 aromatic carbocycles. The quantitative estimate of drug-likeness (QED) is 0.589. The fourth-order valence-electron chi connectivity index (χ4n) is 1.82. The fraction of sp³-hybridized carbons (Fsp3) is 0.214. The molecule has 1 aliphatic carbocycles. The Morgan fingerprint density at radius 1 is 1.22 bits per heavy atom. The molecule has 0 amide bonds. The highest BCUT2D eigenvalue weighted by molar-refractivity contribution is 5.71. The van der Waals surface area contributed by atoms with E-state index in [0.29, 0.717) is 12.0 Å². The van der Waals surface area contributed by atoms with Gasteiger partial charge in [-0.3, -0.25) is 4.79 Å². The summed E-state index contributed by atoms with van der Waals surface area (Å²) in [6, 6.07) is 4.22. The van der Waals surface area contributed by atoms with E-state index in [9.17, 15) is 13.6 Å². The number of carbonyl (C=O) groups excluding carboxylic acids is 1. The van der Waals surface area contributed by atoms with Gasteiger partial charge in [0.2, 0.25) is 0 Å². The predicted molar refractivity (Wildman–Crippen MR) is 64.1 cm³/mol. The van der Waals surface area contributed by atoms with Crippen molar-refractivity contribution in [2.45, 2.75) is 19.8 Å². The number of allylic oxidation sites excluding steroid dienone is 4. The van der Waals surface area contributed by atoms with Crippen LogP contribution >= 0.6 is 0 Å². The Bertz CT molecular complexity index is 545. The highest BCUT2D eigenvalue weighted by Gasteiger charge is 2.13. The van der Waals surface area contributed by atoms with Gasteiger partial charge in [-0.25, -0.2) is 8.78 Å². The smallest absolute Gasteiger partial charge is 0.308 e. The fourth-order valence-corrected chi connectivity index (χ4v) is 1.82. The molecule has 94 valence electrons. The van der Waals surface area contributed by atoms with E-state index in [1.807, 2.05) is 0 Å². The van der Waals surface area contributed by atoms with E-state index in [-0.39, 0.29) is 18.0 Å². The van der Waals surface area contributed by atoms with Gasteiger partial charge in [0.15, 0.2) is 0 Å². The molecule has 4 heteroatoms. The van der Waals surface area contributed by atoms with Gasteiger partial charge in [0, 0.05) is 25.0 Å². The third kappa shape index (κ3) is 2.83. The lowest BCUT2D eigenvalue weighted by molar-refractivity contribution is -0.131. The number of carbonyl (C=O) groups is 1. The lowest BCUT2D eigenvalue weighted by atomic mass is 9.96. The van der Waals surface area contributed by atoms with Crippen molar-refractivity contribution in [2.75, 3.05) is 0 Å². The van der Waals surface area contributed by atoms with Crippen molar-refractivity contribution in [2.24, 2.45) is 0 Å². The maximum Gasteiger partial charge on any atom is 0.308 e. The molecule has 18 heavy (non-hydrogen) atoms. The lowest BCUT2D eigenvalue weighted by Gasteiger charge is -2.12. The van der Waals surface area contributed by atoms with Crippen molar-refractivity contribution in [1.82, 2.24) is 0 Å². The monoisotopic (exact) mass is 250 g/mol. The minimum Gasteiger partial charge on any atom is -0.427 e. The summed E-state index contributed by atoms with van der Waals surface area (Å²) in [5, 5.41) is 0. The number of esters is 1. The second kappa shape index (κ2) is 5.12. The van der Waals surface area contributed by atoms with E-state index >= 15 is 0 Å². The van der Waals surface area contributed by atoms with Crippen molar-refractivity contribution in [3.05, 3.63) is 47.6 Å². The molecule has 1 aliphatic rings. The van der Waals surface area contributed by atoms with E-state index in [2.05, 4.69) is 0 Å². The maximum atomic E-state index is 13.8. The summed E-state index contributed by atoms with van der Waals surface area (Å²) < 4.78 is 31.5. The zero-order valence-corrected chi connectivity index (χ0v) is 9.87. The Morgan fingerprint density at radius 3 is 2.56 bits per heavy atom. The Morgan fingerprint density at radius 2 is 2.00 bits per heavy atom. The first kappa shape index (κ1) is 12.5. The molecule has 0 bridgehead atoms. The summed E-state index contributed by atoms with van der Waals surface area (Å²) >= 11 is 0. The van der Waals surface area contributed by atoms with E-state index in [1.165, 1.54) is 25.1 Å². The minimum atomic E-state index is -0.496. The number of ether oxygens (including phenoxy) is 1. The van der Waals surface area contributed by atoms with E-state index in [0.717, 1.165) is 11.6 Å². The molecule has 0 saturated carbocycles. The summed E-state index contributed by atoms with van der Waals surface area (Å²) in [7, 11) is 0. The molecule has 2 nitrogen and oxygen atoms in total. The standard InChI is InChI=1S/C14H12F2O2/c1-9(17)18-12-6-7-13(14(16)8-12)10-2-4-11(15)5-3-10/h2,4,6-8H,3,5H2,1H3. The molecule has 0 radical (unpaired) electrons. The van der Waals surface area contributed by atoms with Crippen LogP contribution in [0, 0.1) is 5.82 Å². The van der Waals surface area contributed by atoms with Gasteiger partial charge in [0.1, 0.15) is 17.4 Å². The maximum absolute atomic E-state index is 13.8. The topological polar surface area (TPSA) is 26.3 Å². The SMILES string of the molecule is CC(=O)Oc1ccc(C2=CC=C(F)CC2)c(F)c1. The number of halogens is 2. The number of hydrogen-bond acceptors (Lipinski definition) is 2. The highest BCUT2D eigenvalue weighted by Crippen LogP contribution is 2.30. The van der Waals surface area contributed by atoms with Crippen LogP contribution in [0.4, 0.5) is 8.78 Å². The van der Waals surface area contributed by atoms with Gasteiger partial charge in [-0.05, 0) is 30.2 Å². The van der Waals surface area contributed by atoms with Crippen LogP contribution in [0.2, 0.25) is 0 Å². The van der Waals surface area contributed by atoms with E-state index in [1.54, 1.807) is 6.08 Å². The van der Waals surface area contributed by atoms with Crippen LogP contribution < -0.4 is 4.74 Å². The van der Waals surface area contributed by atoms with Gasteiger partial charge in [-0.2, -0.15) is 0 Å². The van der Waals surface area contributed by atoms with Gasteiger partial charge < -0.3 is 4.74 Å². The molecule has 0 atom stereocenters. The van der Waals surface area contributed by atoms with Crippen LogP contribution in [-0.2, 0) is 4.79 Å². The summed E-state index contributed by atoms with van der Waals surface area (Å²) in [5.41, 5.74) is 1.15. The molecule has 0 spiro atoms. The Hall–Kier alpha value is -1.97. The summed E-state index contributed by atoms with van der Waals surface area (Å²) in [6.45, 7) is 1.25. The Kier molecular flexibility index (Phi) is 3.55. The second-order valence-electron chi connectivity index (χ2n) is 4.04. The Labute approximate surface area is 104 Å². The number of rotatable bonds is 2. The number of hydrogen-bond donors (Lipinski definition) is 0. The van der Waals surface area contributed by atoms with Crippen molar-refractivity contribution in [3.8, 4) is 5.75 Å². The summed E-state index contributed by atoms with van der Waals surface area (Å²) in [6.07, 6.45) is 3.67. The average Bonchev–Trinajstić information content (AvgIpc) is 2.30. The van der Waals surface area contributed by atoms with Gasteiger partial charge in [-0.1, -0.05) is 6.08 Å². The van der Waals surface area contributed by atoms with E-state index < -0.39 is 11.8 Å². The van der Waals surface area contributed by atoms with Crippen molar-refractivity contribution >= 4 is 11.5 Å². The van der Waals surface area contributed by atoms with Crippen LogP contribution in [0.3, 0.4) is 0 Å². The molecular weight excluding hydrogens is 238 g/mol. The largest absolute Gasteiger partial charge is 0.427 e. The van der Waals surface area contributed by atoms with Gasteiger partial charge in [0.05, 0.1) is 0 Å². The summed E-state index contributed by atoms with van der Waals surface area (Å²) in [4.78, 5) is 10.7. The predicted octanol–water partition coefficient (Wildman–Crippen LogP) is 3.78. The average molecular weight is 250 g/mol. The van der Waals surface area contributed by atoms with E-state index in [4.69, 9.17) is 4.74 Å². The molecule has 0 aliphatic heterocycles. The first-order valence-electron chi connectivity index (χ1n) is 5.60.